The highest BCUT2D eigenvalue weighted by atomic mass is 19.4. The molecule has 0 spiro atoms. The van der Waals surface area contributed by atoms with E-state index in [0.717, 1.165) is 6.07 Å². The number of halogens is 4. The van der Waals surface area contributed by atoms with Crippen LogP contribution in [-0.2, 0) is 6.18 Å². The summed E-state index contributed by atoms with van der Waals surface area (Å²) in [5.74, 6) is -0.649. The number of nitrogens with zero attached hydrogens (tertiary/aromatic N) is 4. The Morgan fingerprint density at radius 1 is 0.923 bits per heavy atom. The van der Waals surface area contributed by atoms with Crippen molar-refractivity contribution in [2.24, 2.45) is 0 Å². The Morgan fingerprint density at radius 3 is 2.38 bits per heavy atom. The third kappa shape index (κ3) is 2.69. The molecule has 3 aromatic heterocycles. The van der Waals surface area contributed by atoms with Gasteiger partial charge in [0, 0.05) is 29.7 Å². The Balaban J connectivity index is 1.86. The SMILES string of the molecule is Fc1c(-c2ccncc2)cccc1-c1cnc2nc(C(F)(F)F)ccn12. The molecule has 8 heteroatoms. The van der Waals surface area contributed by atoms with Crippen LogP contribution in [0, 0.1) is 5.82 Å². The fraction of sp³-hybridized carbons (Fsp3) is 0.0556. The topological polar surface area (TPSA) is 43.1 Å². The summed E-state index contributed by atoms with van der Waals surface area (Å²) >= 11 is 0. The number of imidazole rings is 1. The minimum Gasteiger partial charge on any atom is -0.284 e. The first-order valence-electron chi connectivity index (χ1n) is 7.56. The Labute approximate surface area is 144 Å². The van der Waals surface area contributed by atoms with E-state index in [1.165, 1.54) is 16.8 Å². The summed E-state index contributed by atoms with van der Waals surface area (Å²) in [4.78, 5) is 11.3. The molecule has 0 saturated heterocycles. The van der Waals surface area contributed by atoms with Gasteiger partial charge in [0.05, 0.1) is 11.9 Å². The van der Waals surface area contributed by atoms with Crippen molar-refractivity contribution in [3.05, 3.63) is 72.7 Å². The molecule has 3 heterocycles. The summed E-state index contributed by atoms with van der Waals surface area (Å²) < 4.78 is 54.7. The lowest BCUT2D eigenvalue weighted by Crippen LogP contribution is -2.09. The molecule has 0 aliphatic heterocycles. The van der Waals surface area contributed by atoms with E-state index in [4.69, 9.17) is 0 Å². The fourth-order valence-electron chi connectivity index (χ4n) is 2.71. The molecule has 4 rings (SSSR count). The van der Waals surface area contributed by atoms with Crippen LogP contribution in [0.4, 0.5) is 17.6 Å². The van der Waals surface area contributed by atoms with Gasteiger partial charge in [-0.2, -0.15) is 13.2 Å². The van der Waals surface area contributed by atoms with Gasteiger partial charge in [0.1, 0.15) is 11.5 Å². The van der Waals surface area contributed by atoms with E-state index in [2.05, 4.69) is 15.0 Å². The van der Waals surface area contributed by atoms with Crippen molar-refractivity contribution in [2.75, 3.05) is 0 Å². The average molecular weight is 358 g/mol. The maximum atomic E-state index is 15.1. The van der Waals surface area contributed by atoms with Gasteiger partial charge in [-0.05, 0) is 29.8 Å². The largest absolute Gasteiger partial charge is 0.433 e. The van der Waals surface area contributed by atoms with E-state index >= 15 is 4.39 Å². The zero-order valence-electron chi connectivity index (χ0n) is 13.1. The van der Waals surface area contributed by atoms with Crippen LogP contribution < -0.4 is 0 Å². The van der Waals surface area contributed by atoms with Crippen LogP contribution in [-0.4, -0.2) is 19.4 Å². The fourth-order valence-corrected chi connectivity index (χ4v) is 2.71. The molecule has 0 saturated carbocycles. The Morgan fingerprint density at radius 2 is 1.65 bits per heavy atom. The minimum absolute atomic E-state index is 0.150. The normalized spacial score (nSPS) is 11.8. The van der Waals surface area contributed by atoms with Crippen LogP contribution in [0.15, 0.2) is 61.2 Å². The van der Waals surface area contributed by atoms with E-state index in [1.54, 1.807) is 42.7 Å². The summed E-state index contributed by atoms with van der Waals surface area (Å²) in [6, 6.07) is 9.02. The van der Waals surface area contributed by atoms with Crippen molar-refractivity contribution in [1.82, 2.24) is 19.4 Å². The van der Waals surface area contributed by atoms with E-state index < -0.39 is 17.7 Å². The van der Waals surface area contributed by atoms with Crippen molar-refractivity contribution >= 4 is 5.78 Å². The molecule has 0 fully saturated rings. The summed E-state index contributed by atoms with van der Waals surface area (Å²) in [6.45, 7) is 0. The Kier molecular flexibility index (Phi) is 3.68. The smallest absolute Gasteiger partial charge is 0.284 e. The van der Waals surface area contributed by atoms with Gasteiger partial charge in [-0.1, -0.05) is 12.1 Å². The van der Waals surface area contributed by atoms with E-state index in [1.807, 2.05) is 0 Å². The molecule has 1 aromatic carbocycles. The summed E-state index contributed by atoms with van der Waals surface area (Å²) in [5, 5.41) is 0. The molecule has 0 aliphatic rings. The van der Waals surface area contributed by atoms with Crippen molar-refractivity contribution in [1.29, 1.82) is 0 Å². The number of fused-ring (bicyclic) bond motifs is 1. The van der Waals surface area contributed by atoms with Gasteiger partial charge in [0.25, 0.3) is 0 Å². The van der Waals surface area contributed by atoms with Gasteiger partial charge in [-0.15, -0.1) is 0 Å². The van der Waals surface area contributed by atoms with Gasteiger partial charge in [-0.3, -0.25) is 9.38 Å². The lowest BCUT2D eigenvalue weighted by Gasteiger charge is -2.09. The maximum Gasteiger partial charge on any atom is 0.433 e. The van der Waals surface area contributed by atoms with Gasteiger partial charge < -0.3 is 0 Å². The molecule has 26 heavy (non-hydrogen) atoms. The monoisotopic (exact) mass is 358 g/mol. The number of hydrogen-bond acceptors (Lipinski definition) is 3. The van der Waals surface area contributed by atoms with Crippen molar-refractivity contribution < 1.29 is 17.6 Å². The van der Waals surface area contributed by atoms with Crippen molar-refractivity contribution in [3.8, 4) is 22.4 Å². The first kappa shape index (κ1) is 16.2. The molecule has 0 atom stereocenters. The highest BCUT2D eigenvalue weighted by Crippen LogP contribution is 2.32. The number of rotatable bonds is 2. The second-order valence-corrected chi connectivity index (χ2v) is 5.53. The van der Waals surface area contributed by atoms with E-state index in [9.17, 15) is 13.2 Å². The molecule has 4 aromatic rings. The molecular formula is C18H10F4N4. The molecule has 0 bridgehead atoms. The van der Waals surface area contributed by atoms with Crippen LogP contribution in [0.3, 0.4) is 0 Å². The van der Waals surface area contributed by atoms with E-state index in [-0.39, 0.29) is 11.3 Å². The Hall–Kier alpha value is -3.29. The van der Waals surface area contributed by atoms with E-state index in [0.29, 0.717) is 16.8 Å². The standard InChI is InChI=1S/C18H10F4N4/c19-16-12(11-4-7-23-8-5-11)2-1-3-13(16)14-10-24-17-25-15(18(20,21)22)6-9-26(14)17/h1-10H. The third-order valence-electron chi connectivity index (χ3n) is 3.94. The minimum atomic E-state index is -4.57. The predicted octanol–water partition coefficient (Wildman–Crippen LogP) is 4.62. The number of hydrogen-bond donors (Lipinski definition) is 0. The second kappa shape index (κ2) is 5.91. The van der Waals surface area contributed by atoms with Gasteiger partial charge in [0.15, 0.2) is 0 Å². The summed E-state index contributed by atoms with van der Waals surface area (Å²) in [7, 11) is 0. The van der Waals surface area contributed by atoms with Gasteiger partial charge in [-0.25, -0.2) is 14.4 Å². The third-order valence-corrected chi connectivity index (χ3v) is 3.94. The molecular weight excluding hydrogens is 348 g/mol. The lowest BCUT2D eigenvalue weighted by atomic mass is 10.0. The molecule has 0 aliphatic carbocycles. The van der Waals surface area contributed by atoms with Crippen LogP contribution in [0.2, 0.25) is 0 Å². The van der Waals surface area contributed by atoms with Gasteiger partial charge >= 0.3 is 6.18 Å². The number of benzene rings is 1. The number of aromatic nitrogens is 4. The zero-order valence-corrected chi connectivity index (χ0v) is 13.1. The lowest BCUT2D eigenvalue weighted by molar-refractivity contribution is -0.141. The summed E-state index contributed by atoms with van der Waals surface area (Å²) in [6.07, 6.45) is 1.03. The van der Waals surface area contributed by atoms with Crippen LogP contribution >= 0.6 is 0 Å². The van der Waals surface area contributed by atoms with Crippen molar-refractivity contribution in [2.45, 2.75) is 6.18 Å². The summed E-state index contributed by atoms with van der Waals surface area (Å²) in [5.41, 5.74) is 0.488. The van der Waals surface area contributed by atoms with Gasteiger partial charge in [0.2, 0.25) is 5.78 Å². The second-order valence-electron chi connectivity index (χ2n) is 5.53. The van der Waals surface area contributed by atoms with Crippen LogP contribution in [0.1, 0.15) is 5.69 Å². The Bertz CT molecular complexity index is 1090. The van der Waals surface area contributed by atoms with Crippen LogP contribution in [0.25, 0.3) is 28.2 Å². The molecule has 0 unspecified atom stereocenters. The molecule has 0 amide bonds. The highest BCUT2D eigenvalue weighted by Gasteiger charge is 2.33. The first-order chi connectivity index (χ1) is 12.4. The molecule has 0 radical (unpaired) electrons. The molecule has 4 nitrogen and oxygen atoms in total. The first-order valence-corrected chi connectivity index (χ1v) is 7.56. The molecule has 0 N–H and O–H groups in total. The average Bonchev–Trinajstić information content (AvgIpc) is 3.05. The predicted molar refractivity (Wildman–Crippen MR) is 86.6 cm³/mol. The number of alkyl halides is 3. The quantitative estimate of drug-likeness (QED) is 0.491. The van der Waals surface area contributed by atoms with Crippen molar-refractivity contribution in [3.63, 3.8) is 0 Å². The number of pyridine rings is 1. The molecule has 130 valence electrons. The highest BCUT2D eigenvalue weighted by molar-refractivity contribution is 5.73. The zero-order chi connectivity index (χ0) is 18.3. The maximum absolute atomic E-state index is 15.1. The van der Waals surface area contributed by atoms with Crippen LogP contribution in [0.5, 0.6) is 0 Å².